The molecule has 198 valence electrons. The first-order valence-electron chi connectivity index (χ1n) is 11.9. The molecule has 3 atom stereocenters. The van der Waals surface area contributed by atoms with Crippen molar-refractivity contribution in [1.82, 2.24) is 20.9 Å². The molecule has 1 aliphatic rings. The summed E-state index contributed by atoms with van der Waals surface area (Å²) in [6, 6.07) is 2.04. The van der Waals surface area contributed by atoms with E-state index in [1.807, 2.05) is 0 Å². The Labute approximate surface area is 208 Å². The number of hydrogen-bond acceptors (Lipinski definition) is 5. The van der Waals surface area contributed by atoms with Gasteiger partial charge in [-0.15, -0.1) is 0 Å². The third kappa shape index (κ3) is 7.99. The van der Waals surface area contributed by atoms with Gasteiger partial charge in [0.15, 0.2) is 11.7 Å². The van der Waals surface area contributed by atoms with Crippen molar-refractivity contribution < 1.29 is 28.0 Å². The summed E-state index contributed by atoms with van der Waals surface area (Å²) in [5, 5.41) is 15.0. The van der Waals surface area contributed by atoms with Gasteiger partial charge in [0.25, 0.3) is 5.91 Å². The zero-order valence-corrected chi connectivity index (χ0v) is 20.5. The minimum atomic E-state index is -1.25. The number of benzene rings is 1. The molecule has 1 unspecified atom stereocenters. The highest BCUT2D eigenvalue weighted by Crippen LogP contribution is 2.21. The number of ketones is 1. The molecular weight excluding hydrogens is 474 g/mol. The zero-order chi connectivity index (χ0) is 26.8. The number of amides is 3. The summed E-state index contributed by atoms with van der Waals surface area (Å²) in [5.74, 6) is -3.38. The highest BCUT2D eigenvalue weighted by Gasteiger charge is 2.39. The van der Waals surface area contributed by atoms with Gasteiger partial charge >= 0.3 is 0 Å². The summed E-state index contributed by atoms with van der Waals surface area (Å²) in [4.78, 5) is 52.5. The van der Waals surface area contributed by atoms with E-state index in [2.05, 4.69) is 16.0 Å². The number of halogens is 2. The summed E-state index contributed by atoms with van der Waals surface area (Å²) >= 11 is 0. The molecule has 2 rings (SSSR count). The Kier molecular flexibility index (Phi) is 10.8. The third-order valence-electron chi connectivity index (χ3n) is 5.99. The van der Waals surface area contributed by atoms with E-state index in [0.717, 1.165) is 12.1 Å². The minimum absolute atomic E-state index is 0.137. The maximum atomic E-state index is 13.4. The minimum Gasteiger partial charge on any atom is -0.370 e. The first kappa shape index (κ1) is 28.7. The number of Topliss-reactive ketones (excluding diaryl/α,β-unsaturated/α-hetero) is 1. The van der Waals surface area contributed by atoms with Crippen LogP contribution < -0.4 is 21.7 Å². The van der Waals surface area contributed by atoms with Crippen LogP contribution >= 0.6 is 0 Å². The van der Waals surface area contributed by atoms with Gasteiger partial charge in [0, 0.05) is 18.7 Å². The van der Waals surface area contributed by atoms with E-state index in [9.17, 15) is 28.0 Å². The Bertz CT molecular complexity index is 956. The molecular formula is C24H34F2N6O4. The van der Waals surface area contributed by atoms with Crippen molar-refractivity contribution in [2.24, 2.45) is 11.7 Å². The molecule has 1 aromatic carbocycles. The lowest BCUT2D eigenvalue weighted by Crippen LogP contribution is -2.56. The molecule has 10 nitrogen and oxygen atoms in total. The van der Waals surface area contributed by atoms with E-state index in [0.29, 0.717) is 19.3 Å². The molecule has 0 saturated carbocycles. The topological polar surface area (TPSA) is 157 Å². The van der Waals surface area contributed by atoms with Crippen LogP contribution in [-0.2, 0) is 14.4 Å². The predicted molar refractivity (Wildman–Crippen MR) is 129 cm³/mol. The number of hydrogen-bond donors (Lipinski definition) is 5. The van der Waals surface area contributed by atoms with Gasteiger partial charge in [-0.3, -0.25) is 24.6 Å². The molecule has 0 radical (unpaired) electrons. The molecule has 0 bridgehead atoms. The molecule has 0 aromatic heterocycles. The second kappa shape index (κ2) is 13.5. The van der Waals surface area contributed by atoms with Gasteiger partial charge in [-0.2, -0.15) is 0 Å². The molecule has 36 heavy (non-hydrogen) atoms. The van der Waals surface area contributed by atoms with Crippen molar-refractivity contribution >= 4 is 29.5 Å². The monoisotopic (exact) mass is 508 g/mol. The second-order valence-electron chi connectivity index (χ2n) is 9.04. The third-order valence-corrected chi connectivity index (χ3v) is 5.99. The van der Waals surface area contributed by atoms with Crippen LogP contribution in [0, 0.1) is 17.1 Å². The second-order valence-corrected chi connectivity index (χ2v) is 9.04. The number of nitrogens with zero attached hydrogens (tertiary/aromatic N) is 1. The smallest absolute Gasteiger partial charge is 0.251 e. The highest BCUT2D eigenvalue weighted by atomic mass is 19.1. The van der Waals surface area contributed by atoms with E-state index in [1.54, 1.807) is 13.8 Å². The van der Waals surface area contributed by atoms with Crippen LogP contribution in [0.15, 0.2) is 24.3 Å². The van der Waals surface area contributed by atoms with Gasteiger partial charge in [-0.25, -0.2) is 8.78 Å². The van der Waals surface area contributed by atoms with Crippen molar-refractivity contribution in [2.45, 2.75) is 57.7 Å². The molecule has 1 saturated heterocycles. The van der Waals surface area contributed by atoms with E-state index >= 15 is 0 Å². The van der Waals surface area contributed by atoms with Crippen molar-refractivity contribution in [2.75, 3.05) is 19.8 Å². The summed E-state index contributed by atoms with van der Waals surface area (Å²) in [7, 11) is 0. The van der Waals surface area contributed by atoms with Crippen molar-refractivity contribution in [3.05, 3.63) is 35.6 Å². The van der Waals surface area contributed by atoms with Crippen LogP contribution in [0.4, 0.5) is 8.78 Å². The average molecular weight is 509 g/mol. The fraction of sp³-hybridized carbons (Fsp3) is 0.542. The molecule has 6 N–H and O–H groups in total. The molecule has 1 aliphatic heterocycles. The number of carbonyl (C=O) groups is 4. The first-order valence-corrected chi connectivity index (χ1v) is 11.9. The van der Waals surface area contributed by atoms with Gasteiger partial charge in [-0.1, -0.05) is 13.8 Å². The SMILES string of the molecule is CC(C)C(NC(=O)c1ccc(F)cc1)C(=O)N1CCC[C@H]1C(=O)N[C@H](CCCNC(=N)N)C(=O)CF. The number of carbonyl (C=O) groups excluding carboxylic acids is 4. The Morgan fingerprint density at radius 1 is 1.17 bits per heavy atom. The van der Waals surface area contributed by atoms with E-state index < -0.39 is 54.1 Å². The fourth-order valence-electron chi connectivity index (χ4n) is 4.03. The number of likely N-dealkylation sites (tertiary alicyclic amines) is 1. The van der Waals surface area contributed by atoms with E-state index in [-0.39, 0.29) is 37.0 Å². The molecule has 0 aliphatic carbocycles. The maximum Gasteiger partial charge on any atom is 0.251 e. The van der Waals surface area contributed by atoms with Crippen LogP contribution in [0.1, 0.15) is 49.9 Å². The van der Waals surface area contributed by atoms with Gasteiger partial charge in [0.05, 0.1) is 6.04 Å². The highest BCUT2D eigenvalue weighted by molar-refractivity contribution is 5.99. The van der Waals surface area contributed by atoms with Gasteiger partial charge in [0.2, 0.25) is 11.8 Å². The summed E-state index contributed by atoms with van der Waals surface area (Å²) in [6.07, 6.45) is 1.40. The Balaban J connectivity index is 2.08. The van der Waals surface area contributed by atoms with Crippen LogP contribution in [0.25, 0.3) is 0 Å². The number of rotatable bonds is 12. The van der Waals surface area contributed by atoms with Gasteiger partial charge in [-0.05, 0) is 55.9 Å². The normalized spacial score (nSPS) is 16.8. The van der Waals surface area contributed by atoms with Crippen molar-refractivity contribution in [1.29, 1.82) is 5.41 Å². The van der Waals surface area contributed by atoms with Crippen molar-refractivity contribution in [3.63, 3.8) is 0 Å². The summed E-state index contributed by atoms with van der Waals surface area (Å²) in [6.45, 7) is 2.83. The van der Waals surface area contributed by atoms with Gasteiger partial charge in [0.1, 0.15) is 24.6 Å². The van der Waals surface area contributed by atoms with E-state index in [1.165, 1.54) is 17.0 Å². The number of nitrogens with two attached hydrogens (primary N) is 1. The zero-order valence-electron chi connectivity index (χ0n) is 20.5. The molecule has 1 fully saturated rings. The fourth-order valence-corrected chi connectivity index (χ4v) is 4.03. The molecule has 3 amide bonds. The first-order chi connectivity index (χ1) is 17.0. The van der Waals surface area contributed by atoms with Crippen LogP contribution in [0.2, 0.25) is 0 Å². The van der Waals surface area contributed by atoms with Crippen molar-refractivity contribution in [3.8, 4) is 0 Å². The average Bonchev–Trinajstić information content (AvgIpc) is 3.33. The van der Waals surface area contributed by atoms with Crippen LogP contribution in [0.5, 0.6) is 0 Å². The predicted octanol–water partition coefficient (Wildman–Crippen LogP) is 0.858. The lowest BCUT2D eigenvalue weighted by atomic mass is 10.0. The maximum absolute atomic E-state index is 13.4. The largest absolute Gasteiger partial charge is 0.370 e. The standard InChI is InChI=1S/C24H34F2N6O4/c1-14(2)20(31-21(34)15-7-9-16(26)10-8-15)23(36)32-12-4-6-18(32)22(35)30-17(19(33)13-25)5-3-11-29-24(27)28/h7-10,14,17-18,20H,3-6,11-13H2,1-2H3,(H,30,35)(H,31,34)(H4,27,28,29)/t17-,18+,20?/m1/s1. The van der Waals surface area contributed by atoms with Gasteiger partial charge < -0.3 is 26.6 Å². The Morgan fingerprint density at radius 2 is 1.83 bits per heavy atom. The summed E-state index contributed by atoms with van der Waals surface area (Å²) in [5.41, 5.74) is 5.41. The number of alkyl halides is 1. The Hall–Kier alpha value is -3.57. The Morgan fingerprint density at radius 3 is 2.42 bits per heavy atom. The molecule has 1 heterocycles. The lowest BCUT2D eigenvalue weighted by Gasteiger charge is -2.31. The molecule has 1 aromatic rings. The number of nitrogens with one attached hydrogen (secondary N) is 4. The lowest BCUT2D eigenvalue weighted by molar-refractivity contribution is -0.141. The molecule has 0 spiro atoms. The van der Waals surface area contributed by atoms with Crippen LogP contribution in [-0.4, -0.2) is 72.3 Å². The molecule has 12 heteroatoms. The summed E-state index contributed by atoms with van der Waals surface area (Å²) < 4.78 is 26.3. The van der Waals surface area contributed by atoms with Crippen LogP contribution in [0.3, 0.4) is 0 Å². The van der Waals surface area contributed by atoms with E-state index in [4.69, 9.17) is 11.1 Å². The quantitative estimate of drug-likeness (QED) is 0.160. The number of guanidine groups is 1.